The fourth-order valence-electron chi connectivity index (χ4n) is 1.94. The van der Waals surface area contributed by atoms with Gasteiger partial charge < -0.3 is 15.1 Å². The fraction of sp³-hybridized carbons (Fsp3) is 0.267. The molecule has 0 saturated heterocycles. The molecule has 0 bridgehead atoms. The van der Waals surface area contributed by atoms with Crippen LogP contribution in [0.1, 0.15) is 17.2 Å². The Hall–Kier alpha value is -1.69. The topological polar surface area (TPSA) is 60.8 Å². The first-order chi connectivity index (χ1) is 9.72. The molecule has 20 heavy (non-hydrogen) atoms. The van der Waals surface area contributed by atoms with E-state index in [1.54, 1.807) is 35.6 Å². The van der Waals surface area contributed by atoms with Gasteiger partial charge in [0.15, 0.2) is 6.10 Å². The number of thiophene rings is 1. The molecule has 1 aromatic heterocycles. The quantitative estimate of drug-likeness (QED) is 0.853. The van der Waals surface area contributed by atoms with E-state index in [-0.39, 0.29) is 13.2 Å². The highest BCUT2D eigenvalue weighted by Crippen LogP contribution is 2.17. The Bertz CT molecular complexity index is 527. The van der Waals surface area contributed by atoms with E-state index < -0.39 is 12.0 Å². The summed E-state index contributed by atoms with van der Waals surface area (Å²) >= 11 is 1.55. The molecule has 0 aliphatic heterocycles. The second kappa shape index (κ2) is 7.19. The van der Waals surface area contributed by atoms with Gasteiger partial charge in [-0.3, -0.25) is 4.79 Å². The molecule has 2 rings (SSSR count). The predicted molar refractivity (Wildman–Crippen MR) is 78.2 cm³/mol. The van der Waals surface area contributed by atoms with Crippen molar-refractivity contribution in [3.63, 3.8) is 0 Å². The van der Waals surface area contributed by atoms with Crippen molar-refractivity contribution in [1.29, 1.82) is 0 Å². The molecule has 1 heterocycles. The van der Waals surface area contributed by atoms with Crippen LogP contribution in [0.15, 0.2) is 47.2 Å². The average Bonchev–Trinajstić information content (AvgIpc) is 2.99. The van der Waals surface area contributed by atoms with Crippen molar-refractivity contribution < 1.29 is 15.0 Å². The van der Waals surface area contributed by atoms with Crippen LogP contribution in [0.25, 0.3) is 0 Å². The van der Waals surface area contributed by atoms with Crippen molar-refractivity contribution in [3.05, 3.63) is 58.3 Å². The molecule has 4 nitrogen and oxygen atoms in total. The van der Waals surface area contributed by atoms with E-state index in [0.717, 1.165) is 5.56 Å². The number of carbonyl (C=O) groups excluding carboxylic acids is 1. The summed E-state index contributed by atoms with van der Waals surface area (Å²) in [5.74, 6) is -0.392. The smallest absolute Gasteiger partial charge is 0.256 e. The van der Waals surface area contributed by atoms with Crippen LogP contribution in [-0.2, 0) is 11.3 Å². The minimum absolute atomic E-state index is 0.128. The van der Waals surface area contributed by atoms with Crippen molar-refractivity contribution in [3.8, 4) is 0 Å². The van der Waals surface area contributed by atoms with Crippen LogP contribution in [-0.4, -0.2) is 34.2 Å². The summed E-state index contributed by atoms with van der Waals surface area (Å²) in [6.45, 7) is 0.475. The lowest BCUT2D eigenvalue weighted by Gasteiger charge is -2.24. The van der Waals surface area contributed by atoms with Crippen LogP contribution in [0.2, 0.25) is 0 Å². The van der Waals surface area contributed by atoms with E-state index >= 15 is 0 Å². The molecule has 0 spiro atoms. The number of amides is 1. The van der Waals surface area contributed by atoms with E-state index in [0.29, 0.717) is 12.1 Å². The first-order valence-electron chi connectivity index (χ1n) is 6.36. The summed E-state index contributed by atoms with van der Waals surface area (Å²) in [7, 11) is 0. The molecule has 0 aliphatic carbocycles. The number of aliphatic hydroxyl groups excluding tert-OH is 2. The zero-order valence-corrected chi connectivity index (χ0v) is 11.8. The normalized spacial score (nSPS) is 12.1. The third-order valence-corrected chi connectivity index (χ3v) is 3.72. The van der Waals surface area contributed by atoms with Gasteiger partial charge in [-0.2, -0.15) is 11.3 Å². The Morgan fingerprint density at radius 2 is 2.00 bits per heavy atom. The number of hydrogen-bond donors (Lipinski definition) is 2. The number of aliphatic hydroxyl groups is 2. The third kappa shape index (κ3) is 3.66. The average molecular weight is 291 g/mol. The molecule has 1 atom stereocenters. The van der Waals surface area contributed by atoms with Crippen LogP contribution in [0, 0.1) is 0 Å². The zero-order chi connectivity index (χ0) is 14.4. The van der Waals surface area contributed by atoms with Gasteiger partial charge in [0.2, 0.25) is 0 Å². The Morgan fingerprint density at radius 1 is 1.25 bits per heavy atom. The van der Waals surface area contributed by atoms with Crippen LogP contribution < -0.4 is 0 Å². The highest BCUT2D eigenvalue weighted by molar-refractivity contribution is 7.07. The molecule has 2 aromatic rings. The Labute approximate surface area is 121 Å². The maximum Gasteiger partial charge on any atom is 0.256 e. The summed E-state index contributed by atoms with van der Waals surface area (Å²) in [4.78, 5) is 13.8. The van der Waals surface area contributed by atoms with Crippen molar-refractivity contribution in [2.24, 2.45) is 0 Å². The van der Waals surface area contributed by atoms with E-state index in [9.17, 15) is 9.90 Å². The van der Waals surface area contributed by atoms with Gasteiger partial charge in [-0.25, -0.2) is 0 Å². The van der Waals surface area contributed by atoms with Gasteiger partial charge in [-0.15, -0.1) is 0 Å². The number of hydrogen-bond acceptors (Lipinski definition) is 4. The van der Waals surface area contributed by atoms with Crippen molar-refractivity contribution in [2.45, 2.75) is 12.6 Å². The summed E-state index contributed by atoms with van der Waals surface area (Å²) in [5, 5.41) is 23.1. The number of nitrogens with zero attached hydrogens (tertiary/aromatic N) is 1. The molecular formula is C15H17NO3S. The predicted octanol–water partition coefficient (Wildman–Crippen LogP) is 1.80. The minimum atomic E-state index is -1.19. The Morgan fingerprint density at radius 3 is 2.60 bits per heavy atom. The zero-order valence-electron chi connectivity index (χ0n) is 11.0. The molecule has 0 radical (unpaired) electrons. The van der Waals surface area contributed by atoms with Crippen molar-refractivity contribution >= 4 is 17.2 Å². The van der Waals surface area contributed by atoms with E-state index in [1.807, 2.05) is 22.9 Å². The SMILES string of the molecule is O=C(C(O)c1ccccc1)N(CCO)Cc1ccsc1. The molecule has 106 valence electrons. The summed E-state index contributed by atoms with van der Waals surface area (Å²) < 4.78 is 0. The molecular weight excluding hydrogens is 274 g/mol. The van der Waals surface area contributed by atoms with Gasteiger partial charge in [-0.05, 0) is 28.0 Å². The number of carbonyl (C=O) groups is 1. The second-order valence-electron chi connectivity index (χ2n) is 4.43. The standard InChI is InChI=1S/C15H17NO3S/c17-8-7-16(10-12-6-9-20-11-12)15(19)14(18)13-4-2-1-3-5-13/h1-6,9,11,14,17-18H,7-8,10H2. The van der Waals surface area contributed by atoms with E-state index in [1.165, 1.54) is 4.90 Å². The summed E-state index contributed by atoms with van der Waals surface area (Å²) in [5.41, 5.74) is 1.56. The highest BCUT2D eigenvalue weighted by Gasteiger charge is 2.23. The van der Waals surface area contributed by atoms with Gasteiger partial charge in [0, 0.05) is 13.1 Å². The minimum Gasteiger partial charge on any atom is -0.395 e. The van der Waals surface area contributed by atoms with Gasteiger partial charge >= 0.3 is 0 Å². The van der Waals surface area contributed by atoms with Crippen LogP contribution in [0.5, 0.6) is 0 Å². The van der Waals surface area contributed by atoms with Crippen LogP contribution >= 0.6 is 11.3 Å². The number of benzene rings is 1. The molecule has 0 saturated carbocycles. The van der Waals surface area contributed by atoms with E-state index in [2.05, 4.69) is 0 Å². The number of rotatable bonds is 6. The molecule has 1 unspecified atom stereocenters. The molecule has 1 amide bonds. The Kier molecular flexibility index (Phi) is 5.29. The molecule has 2 N–H and O–H groups in total. The largest absolute Gasteiger partial charge is 0.395 e. The lowest BCUT2D eigenvalue weighted by Crippen LogP contribution is -2.36. The van der Waals surface area contributed by atoms with E-state index in [4.69, 9.17) is 5.11 Å². The third-order valence-electron chi connectivity index (χ3n) is 2.98. The second-order valence-corrected chi connectivity index (χ2v) is 5.21. The first-order valence-corrected chi connectivity index (χ1v) is 7.30. The van der Waals surface area contributed by atoms with Crippen LogP contribution in [0.4, 0.5) is 0 Å². The van der Waals surface area contributed by atoms with Gasteiger partial charge in [0.05, 0.1) is 6.61 Å². The lowest BCUT2D eigenvalue weighted by atomic mass is 10.1. The molecule has 0 aliphatic rings. The maximum absolute atomic E-state index is 12.3. The monoisotopic (exact) mass is 291 g/mol. The molecule has 0 fully saturated rings. The lowest BCUT2D eigenvalue weighted by molar-refractivity contribution is -0.141. The van der Waals surface area contributed by atoms with Gasteiger partial charge in [0.1, 0.15) is 0 Å². The van der Waals surface area contributed by atoms with Crippen molar-refractivity contribution in [1.82, 2.24) is 4.90 Å². The molecule has 5 heteroatoms. The van der Waals surface area contributed by atoms with Gasteiger partial charge in [-0.1, -0.05) is 30.3 Å². The first kappa shape index (κ1) is 14.7. The maximum atomic E-state index is 12.3. The fourth-order valence-corrected chi connectivity index (χ4v) is 2.60. The highest BCUT2D eigenvalue weighted by atomic mass is 32.1. The summed E-state index contributed by atoms with van der Waals surface area (Å²) in [6, 6.07) is 10.7. The van der Waals surface area contributed by atoms with Crippen LogP contribution in [0.3, 0.4) is 0 Å². The van der Waals surface area contributed by atoms with Crippen molar-refractivity contribution in [2.75, 3.05) is 13.2 Å². The summed E-state index contributed by atoms with van der Waals surface area (Å²) in [6.07, 6.45) is -1.19. The van der Waals surface area contributed by atoms with Gasteiger partial charge in [0.25, 0.3) is 5.91 Å². The molecule has 1 aromatic carbocycles. The Balaban J connectivity index is 2.10.